The molecule has 1 aromatic heterocycles. The highest BCUT2D eigenvalue weighted by Crippen LogP contribution is 2.37. The predicted molar refractivity (Wildman–Crippen MR) is 115 cm³/mol. The van der Waals surface area contributed by atoms with Crippen LogP contribution in [0, 0.1) is 11.8 Å². The van der Waals surface area contributed by atoms with Gasteiger partial charge in [0.2, 0.25) is 0 Å². The molecule has 0 bridgehead atoms. The van der Waals surface area contributed by atoms with Crippen LogP contribution in [0.25, 0.3) is 0 Å². The number of hydrogen-bond donors (Lipinski definition) is 3. The maximum Gasteiger partial charge on any atom is 0.469 e. The van der Waals surface area contributed by atoms with Gasteiger partial charge in [-0.15, -0.1) is 11.3 Å². The number of thiophene rings is 1. The summed E-state index contributed by atoms with van der Waals surface area (Å²) in [6, 6.07) is 9.17. The Hall–Kier alpha value is -2.05. The molecule has 0 aliphatic heterocycles. The van der Waals surface area contributed by atoms with Gasteiger partial charge in [-0.05, 0) is 44.0 Å². The standard InChI is InChI=1S/C20H26NO7PS/c1-20(21,14-28-29(22,23)24)11-10-17-8-7-16(30-17)5-4-12-27-15-6-9-18(25-2)19(13-15)26-3/h6-9,13H,10-12,14,21H2,1-3H3,(H2,22,23,24). The molecule has 0 saturated heterocycles. The van der Waals surface area contributed by atoms with Gasteiger partial charge in [0.05, 0.1) is 25.7 Å². The zero-order chi connectivity index (χ0) is 22.2. The van der Waals surface area contributed by atoms with E-state index in [4.69, 9.17) is 29.7 Å². The molecule has 2 rings (SSSR count). The van der Waals surface area contributed by atoms with Crippen LogP contribution in [0.1, 0.15) is 23.1 Å². The van der Waals surface area contributed by atoms with Gasteiger partial charge >= 0.3 is 7.82 Å². The summed E-state index contributed by atoms with van der Waals surface area (Å²) in [5.41, 5.74) is 5.20. The lowest BCUT2D eigenvalue weighted by Crippen LogP contribution is -2.41. The first-order valence-corrected chi connectivity index (χ1v) is 11.4. The highest BCUT2D eigenvalue weighted by atomic mass is 32.1. The van der Waals surface area contributed by atoms with Crippen LogP contribution >= 0.6 is 19.2 Å². The fourth-order valence-corrected chi connectivity index (χ4v) is 3.79. The van der Waals surface area contributed by atoms with Crippen molar-refractivity contribution in [3.63, 3.8) is 0 Å². The summed E-state index contributed by atoms with van der Waals surface area (Å²) in [6.45, 7) is 1.70. The molecule has 10 heteroatoms. The van der Waals surface area contributed by atoms with Crippen molar-refractivity contribution in [2.75, 3.05) is 27.4 Å². The fraction of sp³-hybridized carbons (Fsp3) is 0.400. The average Bonchev–Trinajstić information content (AvgIpc) is 3.15. The number of aryl methyl sites for hydroxylation is 1. The summed E-state index contributed by atoms with van der Waals surface area (Å²) >= 11 is 1.54. The lowest BCUT2D eigenvalue weighted by atomic mass is 9.98. The molecule has 1 unspecified atom stereocenters. The third-order valence-electron chi connectivity index (χ3n) is 4.04. The van der Waals surface area contributed by atoms with E-state index >= 15 is 0 Å². The van der Waals surface area contributed by atoms with Crippen molar-refractivity contribution in [2.45, 2.75) is 25.3 Å². The molecule has 8 nitrogen and oxygen atoms in total. The van der Waals surface area contributed by atoms with Crippen molar-refractivity contribution in [1.82, 2.24) is 0 Å². The van der Waals surface area contributed by atoms with Gasteiger partial charge in [0.25, 0.3) is 0 Å². The minimum absolute atomic E-state index is 0.219. The Bertz CT molecular complexity index is 942. The first kappa shape index (κ1) is 24.2. The van der Waals surface area contributed by atoms with E-state index in [9.17, 15) is 4.57 Å². The van der Waals surface area contributed by atoms with Gasteiger partial charge in [0, 0.05) is 16.5 Å². The molecule has 1 atom stereocenters. The molecule has 2 aromatic rings. The van der Waals surface area contributed by atoms with E-state index in [0.29, 0.717) is 30.1 Å². The Labute approximate surface area is 180 Å². The Balaban J connectivity index is 1.84. The van der Waals surface area contributed by atoms with Gasteiger partial charge in [-0.3, -0.25) is 4.52 Å². The number of ether oxygens (including phenoxy) is 3. The van der Waals surface area contributed by atoms with Gasteiger partial charge in [-0.1, -0.05) is 11.8 Å². The van der Waals surface area contributed by atoms with Crippen LogP contribution in [0.2, 0.25) is 0 Å². The number of phosphoric acid groups is 1. The van der Waals surface area contributed by atoms with Crippen LogP contribution in [-0.2, 0) is 15.5 Å². The van der Waals surface area contributed by atoms with Crippen LogP contribution in [-0.4, -0.2) is 42.8 Å². The highest BCUT2D eigenvalue weighted by molar-refractivity contribution is 7.46. The monoisotopic (exact) mass is 455 g/mol. The molecule has 0 fully saturated rings. The molecule has 4 N–H and O–H groups in total. The lowest BCUT2D eigenvalue weighted by molar-refractivity contribution is 0.154. The average molecular weight is 455 g/mol. The molecule has 0 aliphatic carbocycles. The van der Waals surface area contributed by atoms with Crippen LogP contribution < -0.4 is 19.9 Å². The SMILES string of the molecule is COc1ccc(OCC#Cc2ccc(CCC(C)(N)COP(=O)(O)O)s2)cc1OC. The minimum Gasteiger partial charge on any atom is -0.493 e. The molecule has 0 radical (unpaired) electrons. The topological polar surface area (TPSA) is 120 Å². The Morgan fingerprint density at radius 2 is 1.90 bits per heavy atom. The summed E-state index contributed by atoms with van der Waals surface area (Å²) in [6.07, 6.45) is 1.18. The van der Waals surface area contributed by atoms with E-state index in [2.05, 4.69) is 16.4 Å². The normalized spacial score (nSPS) is 13.1. The fourth-order valence-electron chi connectivity index (χ4n) is 2.44. The highest BCUT2D eigenvalue weighted by Gasteiger charge is 2.24. The van der Waals surface area contributed by atoms with Crippen LogP contribution in [0.5, 0.6) is 17.2 Å². The summed E-state index contributed by atoms with van der Waals surface area (Å²) in [7, 11) is -1.39. The predicted octanol–water partition coefficient (Wildman–Crippen LogP) is 2.96. The Morgan fingerprint density at radius 1 is 1.17 bits per heavy atom. The molecule has 164 valence electrons. The Morgan fingerprint density at radius 3 is 2.57 bits per heavy atom. The van der Waals surface area contributed by atoms with E-state index in [0.717, 1.165) is 9.75 Å². The molecule has 0 amide bonds. The van der Waals surface area contributed by atoms with Crippen molar-refractivity contribution in [2.24, 2.45) is 5.73 Å². The van der Waals surface area contributed by atoms with Crippen molar-refractivity contribution in [3.8, 4) is 29.1 Å². The first-order valence-electron chi connectivity index (χ1n) is 9.03. The molecular weight excluding hydrogens is 429 g/mol. The van der Waals surface area contributed by atoms with E-state index in [1.807, 2.05) is 12.1 Å². The summed E-state index contributed by atoms with van der Waals surface area (Å²) < 4.78 is 31.4. The summed E-state index contributed by atoms with van der Waals surface area (Å²) in [5.74, 6) is 7.88. The van der Waals surface area contributed by atoms with Gasteiger partial charge in [0.15, 0.2) is 11.5 Å². The number of rotatable bonds is 10. The minimum atomic E-state index is -4.52. The van der Waals surface area contributed by atoms with Gasteiger partial charge in [-0.2, -0.15) is 0 Å². The van der Waals surface area contributed by atoms with E-state index in [1.165, 1.54) is 11.3 Å². The number of phosphoric ester groups is 1. The zero-order valence-corrected chi connectivity index (χ0v) is 18.8. The maximum atomic E-state index is 10.8. The van der Waals surface area contributed by atoms with Gasteiger partial charge in [0.1, 0.15) is 12.4 Å². The van der Waals surface area contributed by atoms with Crippen molar-refractivity contribution in [1.29, 1.82) is 0 Å². The first-order chi connectivity index (χ1) is 14.1. The third-order valence-corrected chi connectivity index (χ3v) is 5.57. The lowest BCUT2D eigenvalue weighted by Gasteiger charge is -2.24. The largest absolute Gasteiger partial charge is 0.493 e. The van der Waals surface area contributed by atoms with Crippen molar-refractivity contribution < 1.29 is 33.1 Å². The number of hydrogen-bond acceptors (Lipinski definition) is 7. The Kier molecular flexibility index (Phi) is 8.74. The molecule has 0 saturated carbocycles. The van der Waals surface area contributed by atoms with Crippen molar-refractivity contribution >= 4 is 19.2 Å². The molecule has 1 aromatic carbocycles. The number of nitrogens with two attached hydrogens (primary N) is 1. The van der Waals surface area contributed by atoms with Crippen molar-refractivity contribution in [3.05, 3.63) is 40.1 Å². The zero-order valence-electron chi connectivity index (χ0n) is 17.1. The van der Waals surface area contributed by atoms with Crippen LogP contribution in [0.3, 0.4) is 0 Å². The second kappa shape index (κ2) is 10.8. The van der Waals surface area contributed by atoms with Crippen LogP contribution in [0.15, 0.2) is 30.3 Å². The smallest absolute Gasteiger partial charge is 0.469 e. The van der Waals surface area contributed by atoms with E-state index in [1.54, 1.807) is 39.3 Å². The summed E-state index contributed by atoms with van der Waals surface area (Å²) in [5, 5.41) is 0. The van der Waals surface area contributed by atoms with E-state index in [-0.39, 0.29) is 13.2 Å². The molecule has 0 spiro atoms. The third kappa shape index (κ3) is 8.36. The maximum absolute atomic E-state index is 10.8. The van der Waals surface area contributed by atoms with E-state index < -0.39 is 13.4 Å². The van der Waals surface area contributed by atoms with Gasteiger partial charge < -0.3 is 29.7 Å². The second-order valence-electron chi connectivity index (χ2n) is 6.79. The quantitative estimate of drug-likeness (QED) is 0.369. The van der Waals surface area contributed by atoms with Crippen LogP contribution in [0.4, 0.5) is 0 Å². The molecular formula is C20H26NO7PS. The number of benzene rings is 1. The molecule has 0 aliphatic rings. The molecule has 30 heavy (non-hydrogen) atoms. The van der Waals surface area contributed by atoms with Gasteiger partial charge in [-0.25, -0.2) is 4.57 Å². The second-order valence-corrected chi connectivity index (χ2v) is 9.20. The molecule has 1 heterocycles. The summed E-state index contributed by atoms with van der Waals surface area (Å²) in [4.78, 5) is 19.6. The number of methoxy groups -OCH3 is 2.